The first kappa shape index (κ1) is 7.35. The maximum Gasteiger partial charge on any atom is 0.128 e. The van der Waals surface area contributed by atoms with Crippen molar-refractivity contribution in [1.29, 1.82) is 0 Å². The van der Waals surface area contributed by atoms with Crippen LogP contribution in [0.5, 0.6) is 0 Å². The van der Waals surface area contributed by atoms with Crippen LogP contribution in [0.3, 0.4) is 0 Å². The second-order valence-corrected chi connectivity index (χ2v) is 2.92. The van der Waals surface area contributed by atoms with Gasteiger partial charge in [-0.1, -0.05) is 13.0 Å². The molecule has 1 aromatic rings. The number of hydrogen-bond donors (Lipinski definition) is 1. The van der Waals surface area contributed by atoms with Crippen LogP contribution in [0.1, 0.15) is 18.2 Å². The van der Waals surface area contributed by atoms with Crippen LogP contribution in [0.15, 0.2) is 23.6 Å². The van der Waals surface area contributed by atoms with Crippen LogP contribution in [0.2, 0.25) is 0 Å². The minimum Gasteiger partial charge on any atom is -0.507 e. The molecule has 1 N–H and O–H groups in total. The Kier molecular flexibility index (Phi) is 2.51. The molecule has 0 bridgehead atoms. The predicted molar refractivity (Wildman–Crippen MR) is 45.2 cm³/mol. The van der Waals surface area contributed by atoms with Gasteiger partial charge in [0.15, 0.2) is 0 Å². The Labute approximate surface area is 64.6 Å². The van der Waals surface area contributed by atoms with Crippen molar-refractivity contribution in [2.75, 3.05) is 0 Å². The van der Waals surface area contributed by atoms with Crippen LogP contribution in [0, 0.1) is 0 Å². The highest BCUT2D eigenvalue weighted by molar-refractivity contribution is 7.11. The number of aliphatic hydroxyl groups is 1. The molecule has 0 spiro atoms. The number of rotatable bonds is 2. The van der Waals surface area contributed by atoms with Crippen LogP contribution in [-0.4, -0.2) is 5.11 Å². The predicted octanol–water partition coefficient (Wildman–Crippen LogP) is 3.06. The topological polar surface area (TPSA) is 20.2 Å². The quantitative estimate of drug-likeness (QED) is 0.649. The van der Waals surface area contributed by atoms with Crippen molar-refractivity contribution in [1.82, 2.24) is 0 Å². The molecule has 0 aromatic carbocycles. The molecule has 0 amide bonds. The standard InChI is InChI=1S/C8H10OS/c1-2-4-7(9)8-5-3-6-10-8/h3-6,9H,2H2,1H3. The Bertz CT molecular complexity index is 211. The molecule has 0 aliphatic heterocycles. The number of allylic oxidation sites excluding steroid dienone is 1. The largest absolute Gasteiger partial charge is 0.507 e. The zero-order valence-electron chi connectivity index (χ0n) is 5.87. The lowest BCUT2D eigenvalue weighted by molar-refractivity contribution is 0.512. The van der Waals surface area contributed by atoms with Crippen molar-refractivity contribution in [3.8, 4) is 0 Å². The number of thiophene rings is 1. The first-order chi connectivity index (χ1) is 4.84. The van der Waals surface area contributed by atoms with Crippen LogP contribution in [0.4, 0.5) is 0 Å². The highest BCUT2D eigenvalue weighted by atomic mass is 32.1. The van der Waals surface area contributed by atoms with Gasteiger partial charge in [0.05, 0.1) is 4.88 Å². The van der Waals surface area contributed by atoms with Crippen LogP contribution < -0.4 is 0 Å². The highest BCUT2D eigenvalue weighted by Gasteiger charge is 1.95. The van der Waals surface area contributed by atoms with E-state index in [0.717, 1.165) is 11.3 Å². The van der Waals surface area contributed by atoms with E-state index < -0.39 is 0 Å². The Hall–Kier alpha value is -0.760. The van der Waals surface area contributed by atoms with E-state index in [1.807, 2.05) is 30.5 Å². The van der Waals surface area contributed by atoms with Gasteiger partial charge in [-0.15, -0.1) is 11.3 Å². The molecule has 0 atom stereocenters. The Balaban J connectivity index is 2.77. The van der Waals surface area contributed by atoms with Gasteiger partial charge in [0.1, 0.15) is 5.76 Å². The maximum atomic E-state index is 9.28. The van der Waals surface area contributed by atoms with Gasteiger partial charge < -0.3 is 5.11 Å². The minimum absolute atomic E-state index is 0.400. The molecule has 10 heavy (non-hydrogen) atoms. The van der Waals surface area contributed by atoms with Crippen molar-refractivity contribution in [3.05, 3.63) is 28.5 Å². The molecule has 1 nitrogen and oxygen atoms in total. The summed E-state index contributed by atoms with van der Waals surface area (Å²) in [6.07, 6.45) is 2.69. The van der Waals surface area contributed by atoms with Gasteiger partial charge in [0.25, 0.3) is 0 Å². The summed E-state index contributed by atoms with van der Waals surface area (Å²) in [5, 5.41) is 11.2. The van der Waals surface area contributed by atoms with Crippen molar-refractivity contribution in [2.45, 2.75) is 13.3 Å². The summed E-state index contributed by atoms with van der Waals surface area (Å²) < 4.78 is 0. The van der Waals surface area contributed by atoms with Gasteiger partial charge in [-0.25, -0.2) is 0 Å². The summed E-state index contributed by atoms with van der Waals surface area (Å²) in [5.74, 6) is 0.400. The van der Waals surface area contributed by atoms with Crippen molar-refractivity contribution in [3.63, 3.8) is 0 Å². The van der Waals surface area contributed by atoms with Gasteiger partial charge >= 0.3 is 0 Å². The lowest BCUT2D eigenvalue weighted by atomic mass is 10.3. The molecule has 0 saturated carbocycles. The van der Waals surface area contributed by atoms with Gasteiger partial charge in [-0.2, -0.15) is 0 Å². The van der Waals surface area contributed by atoms with E-state index in [9.17, 15) is 5.11 Å². The van der Waals surface area contributed by atoms with Gasteiger partial charge in [0, 0.05) is 0 Å². The van der Waals surface area contributed by atoms with E-state index in [-0.39, 0.29) is 0 Å². The summed E-state index contributed by atoms with van der Waals surface area (Å²) in [6, 6.07) is 3.84. The van der Waals surface area contributed by atoms with Gasteiger partial charge in [-0.05, 0) is 23.9 Å². The molecule has 0 fully saturated rings. The lowest BCUT2D eigenvalue weighted by Crippen LogP contribution is -1.73. The molecule has 0 saturated heterocycles. The van der Waals surface area contributed by atoms with E-state index in [4.69, 9.17) is 0 Å². The monoisotopic (exact) mass is 154 g/mol. The van der Waals surface area contributed by atoms with Crippen molar-refractivity contribution < 1.29 is 5.11 Å². The average Bonchev–Trinajstić information content (AvgIpc) is 2.38. The van der Waals surface area contributed by atoms with E-state index >= 15 is 0 Å². The Morgan fingerprint density at radius 2 is 2.60 bits per heavy atom. The third-order valence-electron chi connectivity index (χ3n) is 1.17. The minimum atomic E-state index is 0.400. The van der Waals surface area contributed by atoms with Crippen LogP contribution >= 0.6 is 11.3 Å². The second-order valence-electron chi connectivity index (χ2n) is 1.97. The second kappa shape index (κ2) is 3.42. The summed E-state index contributed by atoms with van der Waals surface area (Å²) in [7, 11) is 0. The van der Waals surface area contributed by atoms with E-state index in [0.29, 0.717) is 5.76 Å². The average molecular weight is 154 g/mol. The smallest absolute Gasteiger partial charge is 0.128 e. The zero-order valence-corrected chi connectivity index (χ0v) is 6.69. The highest BCUT2D eigenvalue weighted by Crippen LogP contribution is 2.17. The molecular formula is C8H10OS. The van der Waals surface area contributed by atoms with E-state index in [1.54, 1.807) is 11.3 Å². The van der Waals surface area contributed by atoms with Crippen LogP contribution in [-0.2, 0) is 0 Å². The van der Waals surface area contributed by atoms with Crippen LogP contribution in [0.25, 0.3) is 5.76 Å². The summed E-state index contributed by atoms with van der Waals surface area (Å²) in [5.41, 5.74) is 0. The third-order valence-corrected chi connectivity index (χ3v) is 2.06. The molecule has 0 radical (unpaired) electrons. The third kappa shape index (κ3) is 1.61. The fourth-order valence-corrected chi connectivity index (χ4v) is 1.38. The number of aliphatic hydroxyl groups excluding tert-OH is 1. The zero-order chi connectivity index (χ0) is 7.40. The summed E-state index contributed by atoms with van der Waals surface area (Å²) in [4.78, 5) is 0.946. The Morgan fingerprint density at radius 3 is 3.10 bits per heavy atom. The first-order valence-corrected chi connectivity index (χ1v) is 4.15. The fourth-order valence-electron chi connectivity index (χ4n) is 0.718. The van der Waals surface area contributed by atoms with Gasteiger partial charge in [0.2, 0.25) is 0 Å². The molecule has 2 heteroatoms. The summed E-state index contributed by atoms with van der Waals surface area (Å²) in [6.45, 7) is 2.00. The molecule has 1 heterocycles. The fraction of sp³-hybridized carbons (Fsp3) is 0.250. The lowest BCUT2D eigenvalue weighted by Gasteiger charge is -1.91. The number of hydrogen-bond acceptors (Lipinski definition) is 2. The Morgan fingerprint density at radius 1 is 1.80 bits per heavy atom. The van der Waals surface area contributed by atoms with Gasteiger partial charge in [-0.3, -0.25) is 0 Å². The molecule has 54 valence electrons. The van der Waals surface area contributed by atoms with Crippen molar-refractivity contribution in [2.24, 2.45) is 0 Å². The van der Waals surface area contributed by atoms with Crippen molar-refractivity contribution >= 4 is 17.1 Å². The first-order valence-electron chi connectivity index (χ1n) is 3.27. The molecular weight excluding hydrogens is 144 g/mol. The SMILES string of the molecule is CCC=C(O)c1cccs1. The van der Waals surface area contributed by atoms with E-state index in [2.05, 4.69) is 0 Å². The molecule has 0 aliphatic rings. The molecule has 1 rings (SSSR count). The molecule has 1 aromatic heterocycles. The normalized spacial score (nSPS) is 11.9. The van der Waals surface area contributed by atoms with E-state index in [1.165, 1.54) is 0 Å². The molecule has 0 aliphatic carbocycles. The molecule has 0 unspecified atom stereocenters. The maximum absolute atomic E-state index is 9.28. The summed E-state index contributed by atoms with van der Waals surface area (Å²) >= 11 is 1.55.